The van der Waals surface area contributed by atoms with Crippen LogP contribution in [-0.2, 0) is 19.1 Å². The maximum atomic E-state index is 11.4. The molecule has 1 aliphatic rings. The first-order chi connectivity index (χ1) is 8.04. The molecule has 17 heavy (non-hydrogen) atoms. The number of esters is 1. The second-order valence-corrected chi connectivity index (χ2v) is 4.06. The Morgan fingerprint density at radius 3 is 2.65 bits per heavy atom. The van der Waals surface area contributed by atoms with Gasteiger partial charge < -0.3 is 9.47 Å². The van der Waals surface area contributed by atoms with Crippen molar-refractivity contribution in [2.24, 2.45) is 5.92 Å². The van der Waals surface area contributed by atoms with E-state index in [1.807, 2.05) is 12.2 Å². The van der Waals surface area contributed by atoms with E-state index in [4.69, 9.17) is 9.47 Å². The Hall–Kier alpha value is -1.42. The first-order valence-corrected chi connectivity index (χ1v) is 5.63. The van der Waals surface area contributed by atoms with Gasteiger partial charge in [0.25, 0.3) is 0 Å². The normalized spacial score (nSPS) is 27.5. The highest BCUT2D eigenvalue weighted by Crippen LogP contribution is 2.22. The van der Waals surface area contributed by atoms with Crippen LogP contribution in [0.15, 0.2) is 24.8 Å². The second kappa shape index (κ2) is 6.35. The molecule has 0 spiro atoms. The fourth-order valence-electron chi connectivity index (χ4n) is 1.76. The van der Waals surface area contributed by atoms with Crippen LogP contribution in [0.2, 0.25) is 0 Å². The fourth-order valence-corrected chi connectivity index (χ4v) is 1.76. The van der Waals surface area contributed by atoms with Gasteiger partial charge in [-0.05, 0) is 13.3 Å². The van der Waals surface area contributed by atoms with Crippen LogP contribution in [0.25, 0.3) is 0 Å². The molecule has 0 N–H and O–H groups in total. The van der Waals surface area contributed by atoms with E-state index in [0.717, 1.165) is 0 Å². The van der Waals surface area contributed by atoms with Gasteiger partial charge in [0, 0.05) is 6.92 Å². The lowest BCUT2D eigenvalue weighted by molar-refractivity contribution is -0.150. The maximum absolute atomic E-state index is 11.4. The summed E-state index contributed by atoms with van der Waals surface area (Å²) in [4.78, 5) is 22.2. The quantitative estimate of drug-likeness (QED) is 0.540. The Balaban J connectivity index is 2.67. The summed E-state index contributed by atoms with van der Waals surface area (Å²) in [7, 11) is 0. The first-order valence-electron chi connectivity index (χ1n) is 5.63. The molecule has 4 nitrogen and oxygen atoms in total. The minimum absolute atomic E-state index is 0.00968. The summed E-state index contributed by atoms with van der Waals surface area (Å²) in [6.07, 6.45) is 5.63. The summed E-state index contributed by atoms with van der Waals surface area (Å²) >= 11 is 0. The SMILES string of the molecule is C=CC[C@@H]1C=C[C@@H](C(C)=O)[C@H](COC(C)=O)O1. The van der Waals surface area contributed by atoms with Gasteiger partial charge in [0.2, 0.25) is 0 Å². The van der Waals surface area contributed by atoms with Crippen molar-refractivity contribution in [2.75, 3.05) is 6.61 Å². The highest BCUT2D eigenvalue weighted by atomic mass is 16.6. The number of rotatable bonds is 5. The van der Waals surface area contributed by atoms with Crippen molar-refractivity contribution in [1.82, 2.24) is 0 Å². The number of Topliss-reactive ketones (excluding diaryl/α,β-unsaturated/α-hetero) is 1. The Kier molecular flexibility index (Phi) is 5.10. The molecule has 0 bridgehead atoms. The standard InChI is InChI=1S/C13H18O4/c1-4-5-11-6-7-12(9(2)14)13(17-11)8-16-10(3)15/h4,6-7,11-13H,1,5,8H2,2-3H3/t11-,12+,13+/m1/s1. The number of ketones is 1. The zero-order chi connectivity index (χ0) is 12.8. The van der Waals surface area contributed by atoms with Gasteiger partial charge in [-0.2, -0.15) is 0 Å². The minimum Gasteiger partial charge on any atom is -0.463 e. The molecule has 4 heteroatoms. The predicted molar refractivity (Wildman–Crippen MR) is 63.4 cm³/mol. The van der Waals surface area contributed by atoms with Crippen molar-refractivity contribution >= 4 is 11.8 Å². The Bertz CT molecular complexity index is 332. The first kappa shape index (κ1) is 13.6. The topological polar surface area (TPSA) is 52.6 Å². The molecule has 1 heterocycles. The number of hydrogen-bond acceptors (Lipinski definition) is 4. The highest BCUT2D eigenvalue weighted by molar-refractivity contribution is 5.81. The number of ether oxygens (including phenoxy) is 2. The molecule has 1 aliphatic heterocycles. The zero-order valence-corrected chi connectivity index (χ0v) is 10.2. The third-order valence-electron chi connectivity index (χ3n) is 2.60. The Morgan fingerprint density at radius 2 is 2.12 bits per heavy atom. The molecule has 1 rings (SSSR count). The third kappa shape index (κ3) is 4.15. The lowest BCUT2D eigenvalue weighted by Gasteiger charge is -2.30. The summed E-state index contributed by atoms with van der Waals surface area (Å²) in [6, 6.07) is 0. The van der Waals surface area contributed by atoms with E-state index >= 15 is 0 Å². The average molecular weight is 238 g/mol. The van der Waals surface area contributed by atoms with Gasteiger partial charge in [-0.25, -0.2) is 0 Å². The van der Waals surface area contributed by atoms with Crippen molar-refractivity contribution < 1.29 is 19.1 Å². The van der Waals surface area contributed by atoms with E-state index in [0.29, 0.717) is 6.42 Å². The average Bonchev–Trinajstić information content (AvgIpc) is 2.26. The molecule has 0 fully saturated rings. The van der Waals surface area contributed by atoms with Crippen molar-refractivity contribution in [3.63, 3.8) is 0 Å². The van der Waals surface area contributed by atoms with Crippen LogP contribution in [0.3, 0.4) is 0 Å². The van der Waals surface area contributed by atoms with Crippen molar-refractivity contribution in [2.45, 2.75) is 32.5 Å². The Labute approximate surface area is 101 Å². The summed E-state index contributed by atoms with van der Waals surface area (Å²) in [5.41, 5.74) is 0. The van der Waals surface area contributed by atoms with Crippen molar-refractivity contribution in [3.8, 4) is 0 Å². The number of carbonyl (C=O) groups is 2. The van der Waals surface area contributed by atoms with Crippen LogP contribution in [0.5, 0.6) is 0 Å². The monoisotopic (exact) mass is 238 g/mol. The molecule has 0 saturated heterocycles. The summed E-state index contributed by atoms with van der Waals surface area (Å²) in [5.74, 6) is -0.698. The number of carbonyl (C=O) groups excluding carboxylic acids is 2. The van der Waals surface area contributed by atoms with Gasteiger partial charge in [-0.15, -0.1) is 6.58 Å². The molecule has 0 radical (unpaired) electrons. The van der Waals surface area contributed by atoms with Crippen molar-refractivity contribution in [3.05, 3.63) is 24.8 Å². The molecular formula is C13H18O4. The smallest absolute Gasteiger partial charge is 0.302 e. The van der Waals surface area contributed by atoms with Gasteiger partial charge in [0.1, 0.15) is 18.5 Å². The summed E-state index contributed by atoms with van der Waals surface area (Å²) in [6.45, 7) is 6.59. The molecular weight excluding hydrogens is 220 g/mol. The van der Waals surface area contributed by atoms with Crippen LogP contribution in [-0.4, -0.2) is 30.6 Å². The molecule has 0 saturated carbocycles. The molecule has 94 valence electrons. The summed E-state index contributed by atoms with van der Waals surface area (Å²) in [5, 5.41) is 0. The molecule has 0 aromatic rings. The molecule has 0 amide bonds. The largest absolute Gasteiger partial charge is 0.463 e. The Morgan fingerprint density at radius 1 is 1.41 bits per heavy atom. The summed E-state index contributed by atoms with van der Waals surface area (Å²) < 4.78 is 10.6. The lowest BCUT2D eigenvalue weighted by Crippen LogP contribution is -2.38. The molecule has 0 aromatic heterocycles. The third-order valence-corrected chi connectivity index (χ3v) is 2.60. The van der Waals surface area contributed by atoms with Gasteiger partial charge in [0.15, 0.2) is 0 Å². The van der Waals surface area contributed by atoms with Gasteiger partial charge in [0.05, 0.1) is 12.0 Å². The predicted octanol–water partition coefficient (Wildman–Crippen LogP) is 1.65. The van der Waals surface area contributed by atoms with Crippen LogP contribution < -0.4 is 0 Å². The molecule has 0 unspecified atom stereocenters. The maximum Gasteiger partial charge on any atom is 0.302 e. The minimum atomic E-state index is -0.397. The van der Waals surface area contributed by atoms with Gasteiger partial charge in [-0.3, -0.25) is 9.59 Å². The van der Waals surface area contributed by atoms with Crippen LogP contribution in [0.1, 0.15) is 20.3 Å². The highest BCUT2D eigenvalue weighted by Gasteiger charge is 2.30. The van der Waals surface area contributed by atoms with Crippen molar-refractivity contribution in [1.29, 1.82) is 0 Å². The van der Waals surface area contributed by atoms with E-state index in [1.165, 1.54) is 13.8 Å². The number of hydrogen-bond donors (Lipinski definition) is 0. The van der Waals surface area contributed by atoms with E-state index in [-0.39, 0.29) is 30.4 Å². The lowest BCUT2D eigenvalue weighted by atomic mass is 9.94. The molecule has 3 atom stereocenters. The fraction of sp³-hybridized carbons (Fsp3) is 0.538. The van der Waals surface area contributed by atoms with Crippen LogP contribution in [0.4, 0.5) is 0 Å². The van der Waals surface area contributed by atoms with Gasteiger partial charge in [-0.1, -0.05) is 18.2 Å². The van der Waals surface area contributed by atoms with E-state index in [9.17, 15) is 9.59 Å². The van der Waals surface area contributed by atoms with E-state index in [2.05, 4.69) is 6.58 Å². The zero-order valence-electron chi connectivity index (χ0n) is 10.2. The second-order valence-electron chi connectivity index (χ2n) is 4.06. The van der Waals surface area contributed by atoms with E-state index in [1.54, 1.807) is 6.08 Å². The molecule has 0 aromatic carbocycles. The van der Waals surface area contributed by atoms with Gasteiger partial charge >= 0.3 is 5.97 Å². The van der Waals surface area contributed by atoms with E-state index < -0.39 is 6.10 Å². The van der Waals surface area contributed by atoms with Crippen LogP contribution >= 0.6 is 0 Å². The molecule has 0 aliphatic carbocycles. The van der Waals surface area contributed by atoms with Crippen LogP contribution in [0, 0.1) is 5.92 Å².